The van der Waals surface area contributed by atoms with Crippen LogP contribution in [0, 0.1) is 0 Å². The van der Waals surface area contributed by atoms with Gasteiger partial charge in [-0.2, -0.15) is 0 Å². The number of hydrogen-bond donors (Lipinski definition) is 1. The molecule has 2 nitrogen and oxygen atoms in total. The highest BCUT2D eigenvalue weighted by Crippen LogP contribution is 2.21. The van der Waals surface area contributed by atoms with Crippen LogP contribution in [0.2, 0.25) is 0 Å². The van der Waals surface area contributed by atoms with Crippen LogP contribution in [0.5, 0.6) is 5.75 Å². The molecule has 1 N–H and O–H groups in total. The molecule has 0 radical (unpaired) electrons. The quantitative estimate of drug-likeness (QED) is 0.867. The summed E-state index contributed by atoms with van der Waals surface area (Å²) in [6.07, 6.45) is 1.90. The fourth-order valence-electron chi connectivity index (χ4n) is 1.00. The SMILES string of the molecule is COc1ccccc1/C=C(\I)CO. The van der Waals surface area contributed by atoms with Crippen molar-refractivity contribution in [3.63, 3.8) is 0 Å². The van der Waals surface area contributed by atoms with Crippen LogP contribution in [0.4, 0.5) is 0 Å². The zero-order valence-corrected chi connectivity index (χ0v) is 9.48. The van der Waals surface area contributed by atoms with Crippen molar-refractivity contribution in [1.82, 2.24) is 0 Å². The molecule has 3 heteroatoms. The van der Waals surface area contributed by atoms with Crippen molar-refractivity contribution in [3.8, 4) is 5.75 Å². The van der Waals surface area contributed by atoms with Gasteiger partial charge < -0.3 is 9.84 Å². The van der Waals surface area contributed by atoms with Gasteiger partial charge in [-0.15, -0.1) is 0 Å². The van der Waals surface area contributed by atoms with Gasteiger partial charge in [0.2, 0.25) is 0 Å². The van der Waals surface area contributed by atoms with Crippen LogP contribution in [0.15, 0.2) is 27.8 Å². The van der Waals surface area contributed by atoms with Gasteiger partial charge in [-0.05, 0) is 34.7 Å². The lowest BCUT2D eigenvalue weighted by molar-refractivity contribution is 0.342. The predicted molar refractivity (Wildman–Crippen MR) is 62.1 cm³/mol. The molecular formula is C10H11IO2. The molecule has 0 heterocycles. The average molecular weight is 290 g/mol. The molecule has 1 aromatic carbocycles. The number of ether oxygens (including phenoxy) is 1. The van der Waals surface area contributed by atoms with E-state index in [4.69, 9.17) is 9.84 Å². The summed E-state index contributed by atoms with van der Waals surface area (Å²) in [4.78, 5) is 0. The molecule has 0 spiro atoms. The number of methoxy groups -OCH3 is 1. The van der Waals surface area contributed by atoms with E-state index in [0.717, 1.165) is 14.9 Å². The monoisotopic (exact) mass is 290 g/mol. The summed E-state index contributed by atoms with van der Waals surface area (Å²) >= 11 is 2.10. The Morgan fingerprint density at radius 1 is 1.54 bits per heavy atom. The van der Waals surface area contributed by atoms with Gasteiger partial charge in [-0.1, -0.05) is 18.2 Å². The van der Waals surface area contributed by atoms with Crippen LogP contribution in [0.1, 0.15) is 5.56 Å². The maximum atomic E-state index is 8.84. The van der Waals surface area contributed by atoms with E-state index in [1.54, 1.807) is 7.11 Å². The van der Waals surface area contributed by atoms with Gasteiger partial charge in [0.1, 0.15) is 5.75 Å². The standard InChI is InChI=1S/C10H11IO2/c1-13-10-5-3-2-4-8(10)6-9(11)7-12/h2-6,12H,7H2,1H3/b9-6-. The van der Waals surface area contributed by atoms with E-state index >= 15 is 0 Å². The minimum atomic E-state index is 0.0681. The van der Waals surface area contributed by atoms with Crippen molar-refractivity contribution in [3.05, 3.63) is 33.4 Å². The summed E-state index contributed by atoms with van der Waals surface area (Å²) in [7, 11) is 1.64. The smallest absolute Gasteiger partial charge is 0.126 e. The Hall–Kier alpha value is -0.550. The van der Waals surface area contributed by atoms with E-state index in [-0.39, 0.29) is 6.61 Å². The van der Waals surface area contributed by atoms with E-state index in [1.165, 1.54) is 0 Å². The molecule has 70 valence electrons. The largest absolute Gasteiger partial charge is 0.496 e. The number of aliphatic hydroxyl groups is 1. The third-order valence-electron chi connectivity index (χ3n) is 1.60. The van der Waals surface area contributed by atoms with Gasteiger partial charge in [0.25, 0.3) is 0 Å². The lowest BCUT2D eigenvalue weighted by atomic mass is 10.2. The molecule has 0 fully saturated rings. The molecule has 0 saturated heterocycles. The number of benzene rings is 1. The van der Waals surface area contributed by atoms with Gasteiger partial charge >= 0.3 is 0 Å². The molecule has 0 amide bonds. The summed E-state index contributed by atoms with van der Waals surface area (Å²) in [6, 6.07) is 7.71. The molecule has 0 bridgehead atoms. The number of halogens is 1. The lowest BCUT2D eigenvalue weighted by Gasteiger charge is -2.03. The second-order valence-electron chi connectivity index (χ2n) is 2.49. The highest BCUT2D eigenvalue weighted by molar-refractivity contribution is 14.1. The van der Waals surface area contributed by atoms with Crippen LogP contribution in [0.25, 0.3) is 6.08 Å². The molecule has 0 aromatic heterocycles. The Balaban J connectivity index is 2.99. The molecule has 0 aliphatic heterocycles. The first-order valence-corrected chi connectivity index (χ1v) is 4.95. The predicted octanol–water partition coefficient (Wildman–Crippen LogP) is 2.46. The Kier molecular flexibility index (Phi) is 4.24. The summed E-state index contributed by atoms with van der Waals surface area (Å²) in [5, 5.41) is 8.84. The molecular weight excluding hydrogens is 279 g/mol. The molecule has 0 aliphatic rings. The minimum Gasteiger partial charge on any atom is -0.496 e. The van der Waals surface area contributed by atoms with Crippen molar-refractivity contribution in [2.45, 2.75) is 0 Å². The molecule has 13 heavy (non-hydrogen) atoms. The van der Waals surface area contributed by atoms with Crippen molar-refractivity contribution >= 4 is 28.7 Å². The van der Waals surface area contributed by atoms with Gasteiger partial charge in [0.05, 0.1) is 13.7 Å². The summed E-state index contributed by atoms with van der Waals surface area (Å²) in [5.74, 6) is 0.824. The topological polar surface area (TPSA) is 29.5 Å². The highest BCUT2D eigenvalue weighted by Gasteiger charge is 1.98. The Morgan fingerprint density at radius 2 is 2.23 bits per heavy atom. The summed E-state index contributed by atoms with van der Waals surface area (Å²) in [6.45, 7) is 0.0681. The van der Waals surface area contributed by atoms with E-state index in [1.807, 2.05) is 30.3 Å². The zero-order chi connectivity index (χ0) is 9.68. The van der Waals surface area contributed by atoms with Crippen LogP contribution in [-0.2, 0) is 0 Å². The molecule has 0 unspecified atom stereocenters. The van der Waals surface area contributed by atoms with Crippen molar-refractivity contribution < 1.29 is 9.84 Å². The second-order valence-corrected chi connectivity index (χ2v) is 3.88. The Morgan fingerprint density at radius 3 is 2.85 bits per heavy atom. The first kappa shape index (κ1) is 10.5. The molecule has 1 aromatic rings. The van der Waals surface area contributed by atoms with E-state index < -0.39 is 0 Å². The lowest BCUT2D eigenvalue weighted by Crippen LogP contribution is -1.87. The summed E-state index contributed by atoms with van der Waals surface area (Å²) < 4.78 is 6.05. The number of hydrogen-bond acceptors (Lipinski definition) is 2. The van der Waals surface area contributed by atoms with Crippen LogP contribution in [-0.4, -0.2) is 18.8 Å². The van der Waals surface area contributed by atoms with Gasteiger partial charge in [0.15, 0.2) is 0 Å². The normalized spacial score (nSPS) is 11.5. The summed E-state index contributed by atoms with van der Waals surface area (Å²) in [5.41, 5.74) is 0.989. The van der Waals surface area contributed by atoms with E-state index in [0.29, 0.717) is 0 Å². The Bertz CT molecular complexity index is 308. The van der Waals surface area contributed by atoms with Crippen LogP contribution >= 0.6 is 22.6 Å². The molecule has 1 rings (SSSR count). The average Bonchev–Trinajstić information content (AvgIpc) is 2.18. The first-order valence-electron chi connectivity index (χ1n) is 3.88. The second kappa shape index (κ2) is 5.24. The fourth-order valence-corrected chi connectivity index (χ4v) is 1.34. The molecule has 0 aliphatic carbocycles. The van der Waals surface area contributed by atoms with Gasteiger partial charge in [-0.25, -0.2) is 0 Å². The molecule has 0 atom stereocenters. The number of aliphatic hydroxyl groups excluding tert-OH is 1. The van der Waals surface area contributed by atoms with Crippen molar-refractivity contribution in [1.29, 1.82) is 0 Å². The third kappa shape index (κ3) is 3.00. The van der Waals surface area contributed by atoms with Crippen molar-refractivity contribution in [2.24, 2.45) is 0 Å². The Labute approximate surface area is 91.4 Å². The zero-order valence-electron chi connectivity index (χ0n) is 7.33. The van der Waals surface area contributed by atoms with Crippen LogP contribution in [0.3, 0.4) is 0 Å². The highest BCUT2D eigenvalue weighted by atomic mass is 127. The molecule has 0 saturated carbocycles. The van der Waals surface area contributed by atoms with E-state index in [9.17, 15) is 0 Å². The first-order chi connectivity index (χ1) is 6.27. The van der Waals surface area contributed by atoms with Gasteiger partial charge in [-0.3, -0.25) is 0 Å². The maximum Gasteiger partial charge on any atom is 0.126 e. The maximum absolute atomic E-state index is 8.84. The van der Waals surface area contributed by atoms with Crippen LogP contribution < -0.4 is 4.74 Å². The van der Waals surface area contributed by atoms with E-state index in [2.05, 4.69) is 22.6 Å². The number of para-hydroxylation sites is 1. The minimum absolute atomic E-state index is 0.0681. The van der Waals surface area contributed by atoms with Crippen molar-refractivity contribution in [2.75, 3.05) is 13.7 Å². The fraction of sp³-hybridized carbons (Fsp3) is 0.200. The number of rotatable bonds is 3. The van der Waals surface area contributed by atoms with Gasteiger partial charge in [0, 0.05) is 9.14 Å². The third-order valence-corrected chi connectivity index (χ3v) is 2.25.